The molecule has 0 spiro atoms. The number of rotatable bonds is 6. The molecule has 0 saturated heterocycles. The Morgan fingerprint density at radius 2 is 1.74 bits per heavy atom. The number of para-hydroxylation sites is 1. The molecule has 3 rings (SSSR count). The number of anilines is 1. The van der Waals surface area contributed by atoms with Crippen LogP contribution in [0, 0.1) is 13.8 Å². The van der Waals surface area contributed by atoms with E-state index in [1.807, 2.05) is 32.0 Å². The average Bonchev–Trinajstić information content (AvgIpc) is 2.88. The fourth-order valence-corrected chi connectivity index (χ4v) is 3.11. The molecule has 1 heterocycles. The second kappa shape index (κ2) is 7.55. The molecule has 0 aliphatic carbocycles. The first kappa shape index (κ1) is 18.5. The molecule has 0 radical (unpaired) electrons. The van der Waals surface area contributed by atoms with Crippen molar-refractivity contribution < 1.29 is 19.5 Å². The van der Waals surface area contributed by atoms with Crippen LogP contribution in [0.1, 0.15) is 27.0 Å². The first-order valence-corrected chi connectivity index (χ1v) is 8.58. The summed E-state index contributed by atoms with van der Waals surface area (Å²) in [4.78, 5) is 38.2. The van der Waals surface area contributed by atoms with Crippen molar-refractivity contribution in [1.29, 1.82) is 0 Å². The lowest BCUT2D eigenvalue weighted by molar-refractivity contribution is -0.137. The number of carbonyl (C=O) groups excluding carboxylic acids is 3. The predicted molar refractivity (Wildman–Crippen MR) is 101 cm³/mol. The number of nitrogens with zero attached hydrogens (tertiary/aromatic N) is 1. The number of aryl methyl sites for hydroxylation is 2. The first-order valence-electron chi connectivity index (χ1n) is 8.58. The highest BCUT2D eigenvalue weighted by Crippen LogP contribution is 2.24. The Bertz CT molecular complexity index is 942. The van der Waals surface area contributed by atoms with Gasteiger partial charge < -0.3 is 10.4 Å². The number of imide groups is 1. The number of aliphatic hydroxyl groups excluding tert-OH is 1. The third-order valence-corrected chi connectivity index (χ3v) is 4.26. The fourth-order valence-electron chi connectivity index (χ4n) is 3.11. The van der Waals surface area contributed by atoms with E-state index in [0.717, 1.165) is 16.0 Å². The van der Waals surface area contributed by atoms with Crippen LogP contribution >= 0.6 is 0 Å². The minimum atomic E-state index is -0.525. The highest BCUT2D eigenvalue weighted by atomic mass is 16.3. The van der Waals surface area contributed by atoms with Crippen molar-refractivity contribution in [3.63, 3.8) is 0 Å². The lowest BCUT2D eigenvalue weighted by Gasteiger charge is -2.15. The molecule has 0 saturated carbocycles. The van der Waals surface area contributed by atoms with Crippen LogP contribution in [-0.2, 0) is 9.59 Å². The lowest BCUT2D eigenvalue weighted by atomic mass is 9.98. The predicted octanol–water partition coefficient (Wildman–Crippen LogP) is 2.19. The van der Waals surface area contributed by atoms with Crippen molar-refractivity contribution in [2.45, 2.75) is 13.8 Å². The standard InChI is InChI=1S/C21H20N2O4/c1-13-9-14(2)11-15(10-13)20(26)16-5-3-4-6-17(16)22-18-12-19(25)23(7-8-24)21(18)27/h3-6,9-12,22,24H,7-8H2,1-2H3. The van der Waals surface area contributed by atoms with Crippen LogP contribution in [0.4, 0.5) is 5.69 Å². The number of aliphatic hydroxyl groups is 1. The fraction of sp³-hybridized carbons (Fsp3) is 0.190. The average molecular weight is 364 g/mol. The second-order valence-electron chi connectivity index (χ2n) is 6.45. The normalized spacial score (nSPS) is 13.7. The van der Waals surface area contributed by atoms with Gasteiger partial charge in [-0.3, -0.25) is 19.3 Å². The van der Waals surface area contributed by atoms with Gasteiger partial charge in [0, 0.05) is 22.9 Å². The third-order valence-electron chi connectivity index (χ3n) is 4.26. The molecule has 6 nitrogen and oxygen atoms in total. The van der Waals surface area contributed by atoms with E-state index in [-0.39, 0.29) is 24.6 Å². The number of amides is 2. The van der Waals surface area contributed by atoms with Crippen molar-refractivity contribution in [3.05, 3.63) is 76.5 Å². The molecular formula is C21H20N2O4. The van der Waals surface area contributed by atoms with Gasteiger partial charge in [0.05, 0.1) is 13.2 Å². The quantitative estimate of drug-likeness (QED) is 0.606. The molecule has 2 N–H and O–H groups in total. The number of hydrogen-bond donors (Lipinski definition) is 2. The molecule has 6 heteroatoms. The Kier molecular flexibility index (Phi) is 5.19. The summed E-state index contributed by atoms with van der Waals surface area (Å²) in [5.74, 6) is -1.19. The van der Waals surface area contributed by atoms with Crippen LogP contribution < -0.4 is 5.32 Å². The zero-order valence-corrected chi connectivity index (χ0v) is 15.2. The number of nitrogens with one attached hydrogen (secondary N) is 1. The maximum absolute atomic E-state index is 13.0. The second-order valence-corrected chi connectivity index (χ2v) is 6.45. The summed E-state index contributed by atoms with van der Waals surface area (Å²) in [6.45, 7) is 3.48. The summed E-state index contributed by atoms with van der Waals surface area (Å²) in [6.07, 6.45) is 1.18. The van der Waals surface area contributed by atoms with Gasteiger partial charge in [0.2, 0.25) is 0 Å². The van der Waals surface area contributed by atoms with Gasteiger partial charge in [-0.1, -0.05) is 29.3 Å². The monoisotopic (exact) mass is 364 g/mol. The Labute approximate surface area is 157 Å². The Morgan fingerprint density at radius 1 is 1.07 bits per heavy atom. The minimum absolute atomic E-state index is 0.0670. The first-order chi connectivity index (χ1) is 12.9. The molecule has 0 atom stereocenters. The summed E-state index contributed by atoms with van der Waals surface area (Å²) >= 11 is 0. The van der Waals surface area contributed by atoms with E-state index >= 15 is 0 Å². The van der Waals surface area contributed by atoms with Crippen LogP contribution in [0.25, 0.3) is 0 Å². The van der Waals surface area contributed by atoms with E-state index in [0.29, 0.717) is 16.8 Å². The van der Waals surface area contributed by atoms with Crippen LogP contribution in [0.5, 0.6) is 0 Å². The SMILES string of the molecule is Cc1cc(C)cc(C(=O)c2ccccc2NC2=CC(=O)N(CCO)C2=O)c1. The van der Waals surface area contributed by atoms with Gasteiger partial charge in [-0.05, 0) is 38.1 Å². The molecule has 1 aliphatic rings. The molecule has 0 aromatic heterocycles. The van der Waals surface area contributed by atoms with E-state index < -0.39 is 11.8 Å². The maximum Gasteiger partial charge on any atom is 0.277 e. The summed E-state index contributed by atoms with van der Waals surface area (Å²) in [6, 6.07) is 12.5. The number of hydrogen-bond acceptors (Lipinski definition) is 5. The van der Waals surface area contributed by atoms with Gasteiger partial charge in [0.25, 0.3) is 11.8 Å². The smallest absolute Gasteiger partial charge is 0.277 e. The highest BCUT2D eigenvalue weighted by molar-refractivity contribution is 6.18. The molecule has 138 valence electrons. The van der Waals surface area contributed by atoms with E-state index in [2.05, 4.69) is 5.32 Å². The van der Waals surface area contributed by atoms with Crippen molar-refractivity contribution in [2.24, 2.45) is 0 Å². The van der Waals surface area contributed by atoms with Gasteiger partial charge >= 0.3 is 0 Å². The number of β-amino-alcohol motifs (C(OH)–C–C–N with tert-alkyl or cyclic N) is 1. The summed E-state index contributed by atoms with van der Waals surface area (Å²) < 4.78 is 0. The number of ketones is 1. The molecule has 0 unspecified atom stereocenters. The van der Waals surface area contributed by atoms with Gasteiger partial charge in [0.15, 0.2) is 5.78 Å². The van der Waals surface area contributed by atoms with E-state index in [1.165, 1.54) is 6.08 Å². The maximum atomic E-state index is 13.0. The Balaban J connectivity index is 1.91. The van der Waals surface area contributed by atoms with Crippen molar-refractivity contribution >= 4 is 23.3 Å². The van der Waals surface area contributed by atoms with Crippen molar-refractivity contribution in [3.8, 4) is 0 Å². The molecule has 27 heavy (non-hydrogen) atoms. The highest BCUT2D eigenvalue weighted by Gasteiger charge is 2.31. The van der Waals surface area contributed by atoms with Gasteiger partial charge in [0.1, 0.15) is 5.70 Å². The van der Waals surface area contributed by atoms with Crippen LogP contribution in [-0.4, -0.2) is 40.8 Å². The molecule has 0 bridgehead atoms. The molecular weight excluding hydrogens is 344 g/mol. The van der Waals surface area contributed by atoms with Gasteiger partial charge in [-0.2, -0.15) is 0 Å². The van der Waals surface area contributed by atoms with E-state index in [1.54, 1.807) is 24.3 Å². The van der Waals surface area contributed by atoms with E-state index in [4.69, 9.17) is 5.11 Å². The van der Waals surface area contributed by atoms with E-state index in [9.17, 15) is 14.4 Å². The molecule has 2 amide bonds. The van der Waals surface area contributed by atoms with Gasteiger partial charge in [-0.25, -0.2) is 0 Å². The van der Waals surface area contributed by atoms with Crippen LogP contribution in [0.2, 0.25) is 0 Å². The summed E-state index contributed by atoms with van der Waals surface area (Å²) in [7, 11) is 0. The Morgan fingerprint density at radius 3 is 2.41 bits per heavy atom. The number of benzene rings is 2. The molecule has 1 aliphatic heterocycles. The Hall–Kier alpha value is -3.25. The largest absolute Gasteiger partial charge is 0.395 e. The lowest BCUT2D eigenvalue weighted by Crippen LogP contribution is -2.34. The zero-order valence-electron chi connectivity index (χ0n) is 15.2. The molecule has 0 fully saturated rings. The van der Waals surface area contributed by atoms with Gasteiger partial charge in [-0.15, -0.1) is 0 Å². The zero-order chi connectivity index (χ0) is 19.6. The summed E-state index contributed by atoms with van der Waals surface area (Å²) in [5.41, 5.74) is 3.47. The number of carbonyl (C=O) groups is 3. The van der Waals surface area contributed by atoms with Crippen molar-refractivity contribution in [2.75, 3.05) is 18.5 Å². The third kappa shape index (κ3) is 3.80. The van der Waals surface area contributed by atoms with Crippen LogP contribution in [0.15, 0.2) is 54.2 Å². The molecule has 2 aromatic rings. The van der Waals surface area contributed by atoms with Crippen molar-refractivity contribution in [1.82, 2.24) is 4.90 Å². The van der Waals surface area contributed by atoms with Crippen LogP contribution in [0.3, 0.4) is 0 Å². The minimum Gasteiger partial charge on any atom is -0.395 e. The molecule has 2 aromatic carbocycles. The topological polar surface area (TPSA) is 86.7 Å². The summed E-state index contributed by atoms with van der Waals surface area (Å²) in [5, 5.41) is 11.9.